The van der Waals surface area contributed by atoms with Gasteiger partial charge in [-0.3, -0.25) is 10.5 Å². The lowest BCUT2D eigenvalue weighted by Gasteiger charge is -2.16. The van der Waals surface area contributed by atoms with Crippen molar-refractivity contribution in [2.24, 2.45) is 22.9 Å². The van der Waals surface area contributed by atoms with Gasteiger partial charge < -0.3 is 21.9 Å². The molecule has 0 aliphatic heterocycles. The van der Waals surface area contributed by atoms with Crippen LogP contribution in [0.2, 0.25) is 0 Å². The maximum absolute atomic E-state index is 11.6. The van der Waals surface area contributed by atoms with E-state index in [1.54, 1.807) is 0 Å². The van der Waals surface area contributed by atoms with Gasteiger partial charge in [-0.25, -0.2) is 0 Å². The fourth-order valence-corrected chi connectivity index (χ4v) is 1.59. The molecule has 0 aliphatic carbocycles. The first kappa shape index (κ1) is 17.3. The smallest absolute Gasteiger partial charge is 0.324 e. The molecule has 0 fully saturated rings. The van der Waals surface area contributed by atoms with Gasteiger partial charge in [0.1, 0.15) is 6.04 Å². The van der Waals surface area contributed by atoms with Gasteiger partial charge in [-0.1, -0.05) is 12.8 Å². The molecular weight excluding hydrogens is 232 g/mol. The Morgan fingerprint density at radius 1 is 0.889 bits per heavy atom. The van der Waals surface area contributed by atoms with Crippen LogP contribution < -0.4 is 22.9 Å². The number of ether oxygens (including phenoxy) is 1. The predicted molar refractivity (Wildman–Crippen MR) is 72.5 cm³/mol. The lowest BCUT2D eigenvalue weighted by Crippen LogP contribution is -2.37. The molecule has 0 amide bonds. The van der Waals surface area contributed by atoms with Crippen LogP contribution in [-0.4, -0.2) is 31.3 Å². The van der Waals surface area contributed by atoms with Crippen LogP contribution in [-0.2, 0) is 9.53 Å². The minimum absolute atomic E-state index is 0.418. The number of rotatable bonds is 11. The number of carbonyl (C=O) groups is 1. The molecule has 0 spiro atoms. The molecule has 18 heavy (non-hydrogen) atoms. The normalized spacial score (nSPS) is 14.2. The minimum Gasteiger partial charge on any atom is -0.446 e. The van der Waals surface area contributed by atoms with Crippen molar-refractivity contribution in [2.75, 3.05) is 13.1 Å². The van der Waals surface area contributed by atoms with Crippen LogP contribution in [0.1, 0.15) is 44.9 Å². The summed E-state index contributed by atoms with van der Waals surface area (Å²) in [6, 6.07) is -0.591. The summed E-state index contributed by atoms with van der Waals surface area (Å²) >= 11 is 0. The maximum Gasteiger partial charge on any atom is 0.324 e. The van der Waals surface area contributed by atoms with Gasteiger partial charge >= 0.3 is 5.97 Å². The summed E-state index contributed by atoms with van der Waals surface area (Å²) in [6.07, 6.45) is 5.27. The number of nitrogens with two attached hydrogens (primary N) is 4. The fraction of sp³-hybridized carbons (Fsp3) is 0.917. The summed E-state index contributed by atoms with van der Waals surface area (Å²) in [5.41, 5.74) is 22.1. The van der Waals surface area contributed by atoms with E-state index in [2.05, 4.69) is 0 Å². The van der Waals surface area contributed by atoms with Crippen molar-refractivity contribution in [3.05, 3.63) is 0 Å². The van der Waals surface area contributed by atoms with Gasteiger partial charge in [0.25, 0.3) is 0 Å². The van der Waals surface area contributed by atoms with E-state index in [9.17, 15) is 4.79 Å². The van der Waals surface area contributed by atoms with Gasteiger partial charge in [0.15, 0.2) is 6.23 Å². The lowest BCUT2D eigenvalue weighted by molar-refractivity contribution is -0.151. The Morgan fingerprint density at radius 3 is 2.06 bits per heavy atom. The summed E-state index contributed by atoms with van der Waals surface area (Å²) in [5, 5.41) is 0. The molecule has 6 nitrogen and oxygen atoms in total. The van der Waals surface area contributed by atoms with Crippen molar-refractivity contribution in [3.8, 4) is 0 Å². The zero-order valence-electron chi connectivity index (χ0n) is 11.1. The third-order valence-corrected chi connectivity index (χ3v) is 2.73. The first-order valence-electron chi connectivity index (χ1n) is 6.73. The fourth-order valence-electron chi connectivity index (χ4n) is 1.59. The molecule has 0 rings (SSSR count). The largest absolute Gasteiger partial charge is 0.446 e. The third-order valence-electron chi connectivity index (χ3n) is 2.73. The molecule has 0 aliphatic rings. The molecule has 0 radical (unpaired) electrons. The molecule has 108 valence electrons. The standard InChI is InChI=1S/C12H28N4O2/c13-8-4-1-2-7-11(16)18-12(17)10(15)6-3-5-9-14/h10-11H,1-9,13-16H2/t10-,11?/m0/s1. The van der Waals surface area contributed by atoms with E-state index in [0.717, 1.165) is 32.1 Å². The number of hydrogen-bond donors (Lipinski definition) is 4. The highest BCUT2D eigenvalue weighted by molar-refractivity contribution is 5.75. The number of unbranched alkanes of at least 4 members (excludes halogenated alkanes) is 3. The molecule has 0 heterocycles. The second-order valence-electron chi connectivity index (χ2n) is 4.50. The molecule has 0 bridgehead atoms. The topological polar surface area (TPSA) is 130 Å². The second-order valence-corrected chi connectivity index (χ2v) is 4.50. The van der Waals surface area contributed by atoms with Crippen molar-refractivity contribution in [3.63, 3.8) is 0 Å². The van der Waals surface area contributed by atoms with Gasteiger partial charge in [0.05, 0.1) is 0 Å². The van der Waals surface area contributed by atoms with Crippen molar-refractivity contribution >= 4 is 5.97 Å². The Hall–Kier alpha value is -0.690. The highest BCUT2D eigenvalue weighted by Gasteiger charge is 2.17. The van der Waals surface area contributed by atoms with Gasteiger partial charge in [-0.05, 0) is 45.2 Å². The average molecular weight is 260 g/mol. The van der Waals surface area contributed by atoms with Crippen LogP contribution >= 0.6 is 0 Å². The Morgan fingerprint density at radius 2 is 1.44 bits per heavy atom. The van der Waals surface area contributed by atoms with E-state index >= 15 is 0 Å². The highest BCUT2D eigenvalue weighted by Crippen LogP contribution is 2.05. The summed E-state index contributed by atoms with van der Waals surface area (Å²) in [6.45, 7) is 1.30. The van der Waals surface area contributed by atoms with Crippen LogP contribution in [0.25, 0.3) is 0 Å². The maximum atomic E-state index is 11.6. The zero-order chi connectivity index (χ0) is 13.8. The van der Waals surface area contributed by atoms with Crippen LogP contribution in [0.15, 0.2) is 0 Å². The Kier molecular flexibility index (Phi) is 11.0. The van der Waals surface area contributed by atoms with E-state index in [1.807, 2.05) is 0 Å². The molecule has 0 aromatic carbocycles. The molecular formula is C12H28N4O2. The molecule has 1 unspecified atom stereocenters. The van der Waals surface area contributed by atoms with Crippen molar-refractivity contribution in [1.82, 2.24) is 0 Å². The first-order chi connectivity index (χ1) is 8.61. The molecule has 6 heteroatoms. The van der Waals surface area contributed by atoms with Crippen LogP contribution in [0, 0.1) is 0 Å². The monoisotopic (exact) mass is 260 g/mol. The van der Waals surface area contributed by atoms with Crippen molar-refractivity contribution in [1.29, 1.82) is 0 Å². The lowest BCUT2D eigenvalue weighted by atomic mass is 10.1. The number of hydrogen-bond acceptors (Lipinski definition) is 6. The van der Waals surface area contributed by atoms with E-state index in [0.29, 0.717) is 25.9 Å². The summed E-state index contributed by atoms with van der Waals surface area (Å²) in [5.74, 6) is -0.418. The van der Waals surface area contributed by atoms with E-state index < -0.39 is 18.2 Å². The summed E-state index contributed by atoms with van der Waals surface area (Å²) < 4.78 is 5.07. The van der Waals surface area contributed by atoms with E-state index in [4.69, 9.17) is 27.7 Å². The van der Waals surface area contributed by atoms with Gasteiger partial charge in [-0.2, -0.15) is 0 Å². The Labute approximate surface area is 109 Å². The molecule has 0 aromatic rings. The van der Waals surface area contributed by atoms with Crippen molar-refractivity contribution < 1.29 is 9.53 Å². The Bertz CT molecular complexity index is 214. The summed E-state index contributed by atoms with van der Waals surface area (Å²) in [7, 11) is 0. The second kappa shape index (κ2) is 11.4. The van der Waals surface area contributed by atoms with E-state index in [-0.39, 0.29) is 0 Å². The van der Waals surface area contributed by atoms with Crippen LogP contribution in [0.4, 0.5) is 0 Å². The van der Waals surface area contributed by atoms with Crippen LogP contribution in [0.3, 0.4) is 0 Å². The SMILES string of the molecule is NCCCCCC(N)OC(=O)[C@@H](N)CCCCN. The number of esters is 1. The molecule has 0 aromatic heterocycles. The summed E-state index contributed by atoms with van der Waals surface area (Å²) in [4.78, 5) is 11.6. The number of carbonyl (C=O) groups excluding carboxylic acids is 1. The minimum atomic E-state index is -0.591. The van der Waals surface area contributed by atoms with Gasteiger partial charge in [0, 0.05) is 0 Å². The molecule has 0 saturated carbocycles. The average Bonchev–Trinajstić information content (AvgIpc) is 2.34. The van der Waals surface area contributed by atoms with Crippen LogP contribution in [0.5, 0.6) is 0 Å². The predicted octanol–water partition coefficient (Wildman–Crippen LogP) is -0.210. The first-order valence-corrected chi connectivity index (χ1v) is 6.73. The Balaban J connectivity index is 3.64. The quantitative estimate of drug-likeness (QED) is 0.231. The highest BCUT2D eigenvalue weighted by atomic mass is 16.6. The van der Waals surface area contributed by atoms with Gasteiger partial charge in [-0.15, -0.1) is 0 Å². The van der Waals surface area contributed by atoms with E-state index in [1.165, 1.54) is 0 Å². The van der Waals surface area contributed by atoms with Crippen molar-refractivity contribution in [2.45, 2.75) is 57.2 Å². The molecule has 0 saturated heterocycles. The third kappa shape index (κ3) is 9.35. The molecule has 8 N–H and O–H groups in total. The zero-order valence-corrected chi connectivity index (χ0v) is 11.1. The molecule has 2 atom stereocenters. The van der Waals surface area contributed by atoms with Gasteiger partial charge in [0.2, 0.25) is 0 Å².